The first kappa shape index (κ1) is 15.4. The molecule has 1 aliphatic rings. The lowest BCUT2D eigenvalue weighted by atomic mass is 10.2. The molecule has 3 rings (SSSR count). The Balaban J connectivity index is 1.83. The van der Waals surface area contributed by atoms with Gasteiger partial charge in [-0.25, -0.2) is 14.7 Å². The van der Waals surface area contributed by atoms with Gasteiger partial charge >= 0.3 is 6.09 Å². The van der Waals surface area contributed by atoms with Crippen LogP contribution in [0.4, 0.5) is 22.0 Å². The molecule has 0 bridgehead atoms. The van der Waals surface area contributed by atoms with Crippen LogP contribution in [0.25, 0.3) is 0 Å². The molecule has 0 saturated carbocycles. The molecule has 0 aliphatic carbocycles. The van der Waals surface area contributed by atoms with Crippen LogP contribution in [0.1, 0.15) is 5.69 Å². The van der Waals surface area contributed by atoms with Crippen molar-refractivity contribution in [2.24, 2.45) is 0 Å². The Labute approximate surface area is 136 Å². The molecule has 2 amide bonds. The fraction of sp³-hybridized carbons (Fsp3) is 0.133. The molecule has 122 valence electrons. The molecule has 9 heteroatoms. The number of carbonyl (C=O) groups excluding carboxylic acids is 2. The van der Waals surface area contributed by atoms with Crippen molar-refractivity contribution in [2.45, 2.75) is 6.92 Å². The molecular formula is C15H12N4O5. The third-order valence-electron chi connectivity index (χ3n) is 3.32. The fourth-order valence-corrected chi connectivity index (χ4v) is 2.20. The van der Waals surface area contributed by atoms with Crippen molar-refractivity contribution >= 4 is 29.2 Å². The second-order valence-corrected chi connectivity index (χ2v) is 5.08. The van der Waals surface area contributed by atoms with Crippen LogP contribution in [-0.2, 0) is 4.79 Å². The van der Waals surface area contributed by atoms with Crippen LogP contribution in [0.5, 0.6) is 5.75 Å². The highest BCUT2D eigenvalue weighted by atomic mass is 16.6. The smallest absolute Gasteiger partial charge is 0.410 e. The van der Waals surface area contributed by atoms with Crippen molar-refractivity contribution in [2.75, 3.05) is 16.8 Å². The van der Waals surface area contributed by atoms with E-state index in [0.717, 1.165) is 4.90 Å². The van der Waals surface area contributed by atoms with Gasteiger partial charge in [0.1, 0.15) is 12.3 Å². The molecule has 1 N–H and O–H groups in total. The predicted octanol–water partition coefficient (Wildman–Crippen LogP) is 2.26. The molecule has 0 radical (unpaired) electrons. The van der Waals surface area contributed by atoms with Crippen LogP contribution in [0, 0.1) is 17.0 Å². The summed E-state index contributed by atoms with van der Waals surface area (Å²) in [5, 5.41) is 13.3. The zero-order chi connectivity index (χ0) is 17.3. The van der Waals surface area contributed by atoms with Gasteiger partial charge in [0.05, 0.1) is 10.6 Å². The molecule has 2 aromatic rings. The minimum Gasteiger partial charge on any atom is -0.410 e. The van der Waals surface area contributed by atoms with Crippen molar-refractivity contribution in [3.8, 4) is 5.75 Å². The van der Waals surface area contributed by atoms with Gasteiger partial charge in [0.15, 0.2) is 5.82 Å². The number of amides is 2. The number of pyridine rings is 1. The van der Waals surface area contributed by atoms with Crippen molar-refractivity contribution in [1.29, 1.82) is 0 Å². The van der Waals surface area contributed by atoms with Crippen LogP contribution in [0.15, 0.2) is 36.4 Å². The Hall–Kier alpha value is -3.49. The third kappa shape index (κ3) is 3.00. The molecule has 24 heavy (non-hydrogen) atoms. The molecule has 1 aromatic heterocycles. The van der Waals surface area contributed by atoms with E-state index in [1.165, 1.54) is 24.3 Å². The van der Waals surface area contributed by atoms with Crippen LogP contribution < -0.4 is 15.0 Å². The van der Waals surface area contributed by atoms with E-state index in [1.807, 2.05) is 0 Å². The third-order valence-corrected chi connectivity index (χ3v) is 3.32. The number of ether oxygens (including phenoxy) is 1. The zero-order valence-electron chi connectivity index (χ0n) is 12.6. The standard InChI is InChI=1S/C15H12N4O5/c1-9-2-7-12-14(16-9)18(8-13(20)17-12)15(21)24-11-5-3-10(4-6-11)19(22)23/h2-7H,8H2,1H3,(H,17,20). The largest absolute Gasteiger partial charge is 0.421 e. The molecule has 2 heterocycles. The Kier molecular flexibility index (Phi) is 3.82. The summed E-state index contributed by atoms with van der Waals surface area (Å²) in [5.74, 6) is 0.0566. The number of benzene rings is 1. The van der Waals surface area contributed by atoms with E-state index in [1.54, 1.807) is 19.1 Å². The molecule has 1 aliphatic heterocycles. The van der Waals surface area contributed by atoms with Gasteiger partial charge < -0.3 is 10.1 Å². The summed E-state index contributed by atoms with van der Waals surface area (Å²) in [6.07, 6.45) is -0.793. The van der Waals surface area contributed by atoms with Gasteiger partial charge in [0.25, 0.3) is 5.69 Å². The molecule has 0 fully saturated rings. The number of non-ortho nitro benzene ring substituents is 1. The number of rotatable bonds is 2. The summed E-state index contributed by atoms with van der Waals surface area (Å²) in [5.41, 5.74) is 0.977. The lowest BCUT2D eigenvalue weighted by Gasteiger charge is -2.27. The molecule has 0 unspecified atom stereocenters. The summed E-state index contributed by atoms with van der Waals surface area (Å²) in [7, 11) is 0. The minimum absolute atomic E-state index is 0.116. The van der Waals surface area contributed by atoms with E-state index in [-0.39, 0.29) is 23.9 Å². The molecule has 0 saturated heterocycles. The number of nitro groups is 1. The normalized spacial score (nSPS) is 13.0. The number of hydrogen-bond donors (Lipinski definition) is 1. The maximum atomic E-state index is 12.4. The van der Waals surface area contributed by atoms with Crippen LogP contribution in [-0.4, -0.2) is 28.5 Å². The first-order chi connectivity index (χ1) is 11.4. The second kappa shape index (κ2) is 5.95. The number of aromatic nitrogens is 1. The molecule has 9 nitrogen and oxygen atoms in total. The van der Waals surface area contributed by atoms with Gasteiger partial charge in [-0.2, -0.15) is 0 Å². The topological polar surface area (TPSA) is 115 Å². The quantitative estimate of drug-likeness (QED) is 0.668. The maximum absolute atomic E-state index is 12.4. The molecule has 1 aromatic carbocycles. The van der Waals surface area contributed by atoms with Gasteiger partial charge in [-0.05, 0) is 31.2 Å². The van der Waals surface area contributed by atoms with Gasteiger partial charge in [0.2, 0.25) is 5.91 Å². The van der Waals surface area contributed by atoms with E-state index < -0.39 is 11.0 Å². The van der Waals surface area contributed by atoms with Crippen LogP contribution >= 0.6 is 0 Å². The Morgan fingerprint density at radius 1 is 1.29 bits per heavy atom. The Morgan fingerprint density at radius 2 is 2.00 bits per heavy atom. The van der Waals surface area contributed by atoms with Gasteiger partial charge in [-0.1, -0.05) is 0 Å². The number of carbonyl (C=O) groups is 2. The number of hydrogen-bond acceptors (Lipinski definition) is 6. The molecule has 0 atom stereocenters. The highest BCUT2D eigenvalue weighted by Gasteiger charge is 2.29. The minimum atomic E-state index is -0.793. The van der Waals surface area contributed by atoms with Gasteiger partial charge in [-0.15, -0.1) is 0 Å². The van der Waals surface area contributed by atoms with E-state index in [9.17, 15) is 19.7 Å². The number of nitrogens with zero attached hydrogens (tertiary/aromatic N) is 3. The van der Waals surface area contributed by atoms with Crippen molar-refractivity contribution in [1.82, 2.24) is 4.98 Å². The van der Waals surface area contributed by atoms with E-state index in [0.29, 0.717) is 17.2 Å². The lowest BCUT2D eigenvalue weighted by Crippen LogP contribution is -2.44. The van der Waals surface area contributed by atoms with Gasteiger partial charge in [-0.3, -0.25) is 14.9 Å². The first-order valence-electron chi connectivity index (χ1n) is 6.95. The van der Waals surface area contributed by atoms with Crippen LogP contribution in [0.2, 0.25) is 0 Å². The van der Waals surface area contributed by atoms with Crippen LogP contribution in [0.3, 0.4) is 0 Å². The fourth-order valence-electron chi connectivity index (χ4n) is 2.20. The molecule has 0 spiro atoms. The van der Waals surface area contributed by atoms with E-state index in [2.05, 4.69) is 10.3 Å². The average molecular weight is 328 g/mol. The highest BCUT2D eigenvalue weighted by molar-refractivity contribution is 6.07. The SMILES string of the molecule is Cc1ccc2c(n1)N(C(=O)Oc1ccc([N+](=O)[O-])cc1)CC(=O)N2. The summed E-state index contributed by atoms with van der Waals surface area (Å²) in [6, 6.07) is 8.43. The van der Waals surface area contributed by atoms with Crippen molar-refractivity contribution in [3.05, 3.63) is 52.2 Å². The lowest BCUT2D eigenvalue weighted by molar-refractivity contribution is -0.384. The monoisotopic (exact) mass is 328 g/mol. The number of anilines is 2. The summed E-state index contributed by atoms with van der Waals surface area (Å²) >= 11 is 0. The Bertz CT molecular complexity index is 834. The summed E-state index contributed by atoms with van der Waals surface area (Å²) in [4.78, 5) is 39.5. The Morgan fingerprint density at radius 3 is 2.67 bits per heavy atom. The number of fused-ring (bicyclic) bond motifs is 1. The van der Waals surface area contributed by atoms with Crippen molar-refractivity contribution < 1.29 is 19.2 Å². The maximum Gasteiger partial charge on any atom is 0.421 e. The number of nitrogens with one attached hydrogen (secondary N) is 1. The number of nitro benzene ring substituents is 1. The summed E-state index contributed by atoms with van der Waals surface area (Å²) in [6.45, 7) is 1.53. The second-order valence-electron chi connectivity index (χ2n) is 5.08. The van der Waals surface area contributed by atoms with Crippen molar-refractivity contribution in [3.63, 3.8) is 0 Å². The summed E-state index contributed by atoms with van der Waals surface area (Å²) < 4.78 is 5.18. The first-order valence-corrected chi connectivity index (χ1v) is 6.95. The van der Waals surface area contributed by atoms with E-state index in [4.69, 9.17) is 4.74 Å². The highest BCUT2D eigenvalue weighted by Crippen LogP contribution is 2.28. The average Bonchev–Trinajstić information content (AvgIpc) is 2.55. The molecular weight excluding hydrogens is 316 g/mol. The number of aryl methyl sites for hydroxylation is 1. The predicted molar refractivity (Wildman–Crippen MR) is 84.1 cm³/mol. The van der Waals surface area contributed by atoms with Gasteiger partial charge in [0, 0.05) is 17.8 Å². The zero-order valence-corrected chi connectivity index (χ0v) is 12.6. The van der Waals surface area contributed by atoms with E-state index >= 15 is 0 Å².